The third kappa shape index (κ3) is 3.92. The fraction of sp³-hybridized carbons (Fsp3) is 1.00. The largest absolute Gasteiger partial charge is 0.380 e. The molecule has 0 aromatic rings. The van der Waals surface area contributed by atoms with E-state index in [-0.39, 0.29) is 0 Å². The predicted octanol–water partition coefficient (Wildman–Crippen LogP) is -0.402. The Labute approximate surface area is 87.0 Å². The monoisotopic (exact) mass is 201 g/mol. The van der Waals surface area contributed by atoms with E-state index < -0.39 is 0 Å². The van der Waals surface area contributed by atoms with E-state index in [1.54, 1.807) is 0 Å². The lowest BCUT2D eigenvalue weighted by molar-refractivity contribution is 0.139. The number of likely N-dealkylation sites (N-methyl/N-ethyl adjacent to an activating group) is 1. The quantitative estimate of drug-likeness (QED) is 0.635. The van der Waals surface area contributed by atoms with Gasteiger partial charge < -0.3 is 15.4 Å². The number of hydrogen-bond donors (Lipinski definition) is 1. The van der Waals surface area contributed by atoms with Crippen LogP contribution in [0.3, 0.4) is 0 Å². The normalized spacial score (nSPS) is 22.5. The minimum atomic E-state index is 0.596. The van der Waals surface area contributed by atoms with Gasteiger partial charge in [-0.1, -0.05) is 0 Å². The van der Waals surface area contributed by atoms with Crippen LogP contribution in [-0.4, -0.2) is 69.3 Å². The number of nitrogens with zero attached hydrogens (tertiary/aromatic N) is 2. The topological polar surface area (TPSA) is 41.7 Å². The number of ether oxygens (including phenoxy) is 1. The molecule has 1 aliphatic heterocycles. The second kappa shape index (κ2) is 6.35. The average molecular weight is 201 g/mol. The van der Waals surface area contributed by atoms with Crippen molar-refractivity contribution in [2.75, 3.05) is 53.5 Å². The van der Waals surface area contributed by atoms with Crippen LogP contribution in [0, 0.1) is 0 Å². The van der Waals surface area contributed by atoms with Crippen molar-refractivity contribution in [3.8, 4) is 0 Å². The van der Waals surface area contributed by atoms with Crippen LogP contribution >= 0.6 is 0 Å². The van der Waals surface area contributed by atoms with Gasteiger partial charge in [0.2, 0.25) is 0 Å². The standard InChI is InChI=1S/C10H23N3O/c1-12(2)6-7-13(5-4-11)10-3-8-14-9-10/h10H,3-9,11H2,1-2H3. The van der Waals surface area contributed by atoms with Gasteiger partial charge >= 0.3 is 0 Å². The molecular formula is C10H23N3O. The molecule has 1 aliphatic rings. The summed E-state index contributed by atoms with van der Waals surface area (Å²) in [6.07, 6.45) is 1.16. The minimum absolute atomic E-state index is 0.596. The van der Waals surface area contributed by atoms with Gasteiger partial charge in [-0.05, 0) is 20.5 Å². The van der Waals surface area contributed by atoms with Crippen molar-refractivity contribution >= 4 is 0 Å². The predicted molar refractivity (Wildman–Crippen MR) is 58.4 cm³/mol. The molecule has 0 aliphatic carbocycles. The second-order valence-electron chi connectivity index (χ2n) is 4.15. The molecule has 14 heavy (non-hydrogen) atoms. The van der Waals surface area contributed by atoms with E-state index in [2.05, 4.69) is 23.9 Å². The highest BCUT2D eigenvalue weighted by Gasteiger charge is 2.22. The van der Waals surface area contributed by atoms with Crippen molar-refractivity contribution < 1.29 is 4.74 Å². The van der Waals surface area contributed by atoms with E-state index in [9.17, 15) is 0 Å². The SMILES string of the molecule is CN(C)CCN(CCN)C1CCOC1. The van der Waals surface area contributed by atoms with Gasteiger partial charge in [0.1, 0.15) is 0 Å². The zero-order valence-corrected chi connectivity index (χ0v) is 9.41. The van der Waals surface area contributed by atoms with Gasteiger partial charge in [-0.2, -0.15) is 0 Å². The van der Waals surface area contributed by atoms with E-state index in [1.165, 1.54) is 0 Å². The van der Waals surface area contributed by atoms with Crippen molar-refractivity contribution in [1.82, 2.24) is 9.80 Å². The average Bonchev–Trinajstić information content (AvgIpc) is 2.64. The Hall–Kier alpha value is -0.160. The molecule has 1 heterocycles. The Morgan fingerprint density at radius 3 is 2.57 bits per heavy atom. The Bertz CT molecular complexity index is 146. The molecule has 0 aromatic heterocycles. The van der Waals surface area contributed by atoms with Crippen molar-refractivity contribution in [2.45, 2.75) is 12.5 Å². The fourth-order valence-electron chi connectivity index (χ4n) is 1.78. The van der Waals surface area contributed by atoms with E-state index in [0.717, 1.165) is 45.8 Å². The molecule has 1 atom stereocenters. The van der Waals surface area contributed by atoms with Gasteiger partial charge in [0, 0.05) is 38.8 Å². The van der Waals surface area contributed by atoms with Crippen molar-refractivity contribution in [3.63, 3.8) is 0 Å². The maximum atomic E-state index is 5.61. The lowest BCUT2D eigenvalue weighted by Crippen LogP contribution is -2.42. The third-order valence-electron chi connectivity index (χ3n) is 2.67. The highest BCUT2D eigenvalue weighted by molar-refractivity contribution is 4.76. The van der Waals surface area contributed by atoms with Crippen LogP contribution in [0.2, 0.25) is 0 Å². The van der Waals surface area contributed by atoms with E-state index in [4.69, 9.17) is 10.5 Å². The molecule has 4 nitrogen and oxygen atoms in total. The highest BCUT2D eigenvalue weighted by Crippen LogP contribution is 2.11. The summed E-state index contributed by atoms with van der Waals surface area (Å²) in [5.41, 5.74) is 5.61. The first-order valence-electron chi connectivity index (χ1n) is 5.40. The first kappa shape index (κ1) is 11.9. The molecule has 0 amide bonds. The summed E-state index contributed by atoms with van der Waals surface area (Å²) in [6.45, 7) is 5.71. The molecule has 1 unspecified atom stereocenters. The maximum absolute atomic E-state index is 5.61. The Balaban J connectivity index is 2.29. The molecule has 0 spiro atoms. The molecule has 0 radical (unpaired) electrons. The molecule has 0 saturated carbocycles. The molecule has 1 fully saturated rings. The summed E-state index contributed by atoms with van der Waals surface area (Å²) >= 11 is 0. The third-order valence-corrected chi connectivity index (χ3v) is 2.67. The maximum Gasteiger partial charge on any atom is 0.0622 e. The zero-order valence-electron chi connectivity index (χ0n) is 9.41. The zero-order chi connectivity index (χ0) is 10.4. The molecule has 2 N–H and O–H groups in total. The van der Waals surface area contributed by atoms with Crippen LogP contribution in [0.4, 0.5) is 0 Å². The summed E-state index contributed by atoms with van der Waals surface area (Å²) in [4.78, 5) is 4.66. The van der Waals surface area contributed by atoms with Crippen LogP contribution in [0.25, 0.3) is 0 Å². The fourth-order valence-corrected chi connectivity index (χ4v) is 1.78. The second-order valence-corrected chi connectivity index (χ2v) is 4.15. The number of rotatable bonds is 6. The number of nitrogens with two attached hydrogens (primary N) is 1. The molecule has 1 rings (SSSR count). The van der Waals surface area contributed by atoms with Crippen molar-refractivity contribution in [3.05, 3.63) is 0 Å². The van der Waals surface area contributed by atoms with Crippen molar-refractivity contribution in [1.29, 1.82) is 0 Å². The summed E-state index contributed by atoms with van der Waals surface area (Å²) in [6, 6.07) is 0.596. The Morgan fingerprint density at radius 1 is 1.29 bits per heavy atom. The van der Waals surface area contributed by atoms with Gasteiger partial charge in [-0.15, -0.1) is 0 Å². The van der Waals surface area contributed by atoms with Gasteiger partial charge in [-0.25, -0.2) is 0 Å². The van der Waals surface area contributed by atoms with E-state index >= 15 is 0 Å². The lowest BCUT2D eigenvalue weighted by Gasteiger charge is -2.28. The molecule has 84 valence electrons. The molecule has 0 bridgehead atoms. The summed E-state index contributed by atoms with van der Waals surface area (Å²) < 4.78 is 5.40. The lowest BCUT2D eigenvalue weighted by atomic mass is 10.2. The van der Waals surface area contributed by atoms with E-state index in [0.29, 0.717) is 6.04 Å². The van der Waals surface area contributed by atoms with Gasteiger partial charge in [0.15, 0.2) is 0 Å². The van der Waals surface area contributed by atoms with Crippen LogP contribution in [-0.2, 0) is 4.74 Å². The van der Waals surface area contributed by atoms with Crippen LogP contribution in [0.5, 0.6) is 0 Å². The first-order valence-corrected chi connectivity index (χ1v) is 5.40. The highest BCUT2D eigenvalue weighted by atomic mass is 16.5. The van der Waals surface area contributed by atoms with Gasteiger partial charge in [0.05, 0.1) is 6.61 Å². The van der Waals surface area contributed by atoms with Gasteiger partial charge in [0.25, 0.3) is 0 Å². The van der Waals surface area contributed by atoms with Crippen molar-refractivity contribution in [2.24, 2.45) is 5.73 Å². The molecule has 0 aromatic carbocycles. The number of hydrogen-bond acceptors (Lipinski definition) is 4. The molecular weight excluding hydrogens is 178 g/mol. The molecule has 4 heteroatoms. The minimum Gasteiger partial charge on any atom is -0.380 e. The summed E-state index contributed by atoms with van der Waals surface area (Å²) in [7, 11) is 4.21. The van der Waals surface area contributed by atoms with Gasteiger partial charge in [-0.3, -0.25) is 4.90 Å². The Kier molecular flexibility index (Phi) is 5.40. The van der Waals surface area contributed by atoms with Crippen LogP contribution in [0.15, 0.2) is 0 Å². The summed E-state index contributed by atoms with van der Waals surface area (Å²) in [5.74, 6) is 0. The molecule has 1 saturated heterocycles. The smallest absolute Gasteiger partial charge is 0.0622 e. The van der Waals surface area contributed by atoms with E-state index in [1.807, 2.05) is 0 Å². The van der Waals surface area contributed by atoms with Crippen LogP contribution in [0.1, 0.15) is 6.42 Å². The Morgan fingerprint density at radius 2 is 2.07 bits per heavy atom. The summed E-state index contributed by atoms with van der Waals surface area (Å²) in [5, 5.41) is 0. The first-order chi connectivity index (χ1) is 6.74. The van der Waals surface area contributed by atoms with Crippen LogP contribution < -0.4 is 5.73 Å².